The molecule has 2 rings (SSSR count). The van der Waals surface area contributed by atoms with Gasteiger partial charge < -0.3 is 10.4 Å². The van der Waals surface area contributed by atoms with Gasteiger partial charge in [0.05, 0.1) is 0 Å². The van der Waals surface area contributed by atoms with E-state index in [-0.39, 0.29) is 11.7 Å². The fourth-order valence-corrected chi connectivity index (χ4v) is 1.64. The molecule has 2 N–H and O–H groups in total. The quantitative estimate of drug-likeness (QED) is 0.872. The minimum absolute atomic E-state index is 0.0288. The van der Waals surface area contributed by atoms with Crippen LogP contribution in [0, 0.1) is 5.92 Å². The number of aromatic nitrogens is 1. The van der Waals surface area contributed by atoms with Crippen molar-refractivity contribution in [1.29, 1.82) is 0 Å². The molecule has 1 fully saturated rings. The SMILES string of the molecule is O=C(O)C(Nc1cccc(C(F)(F)F)n1)C1CC1. The maximum Gasteiger partial charge on any atom is 0.433 e. The molecule has 1 aliphatic rings. The maximum atomic E-state index is 12.4. The zero-order chi connectivity index (χ0) is 13.3. The van der Waals surface area contributed by atoms with Crippen LogP contribution in [0.4, 0.5) is 19.0 Å². The summed E-state index contributed by atoms with van der Waals surface area (Å²) in [5.74, 6) is -1.17. The number of carboxylic acids is 1. The van der Waals surface area contributed by atoms with Crippen LogP contribution in [-0.4, -0.2) is 22.1 Å². The van der Waals surface area contributed by atoms with Crippen molar-refractivity contribution in [2.75, 3.05) is 5.32 Å². The van der Waals surface area contributed by atoms with E-state index in [1.807, 2.05) is 0 Å². The van der Waals surface area contributed by atoms with Crippen molar-refractivity contribution in [3.63, 3.8) is 0 Å². The normalized spacial score (nSPS) is 17.3. The second-order valence-corrected chi connectivity index (χ2v) is 4.20. The fraction of sp³-hybridized carbons (Fsp3) is 0.455. The van der Waals surface area contributed by atoms with E-state index in [0.29, 0.717) is 0 Å². The highest BCUT2D eigenvalue weighted by atomic mass is 19.4. The van der Waals surface area contributed by atoms with Crippen molar-refractivity contribution in [1.82, 2.24) is 4.98 Å². The van der Waals surface area contributed by atoms with Gasteiger partial charge in [-0.15, -0.1) is 0 Å². The number of anilines is 1. The van der Waals surface area contributed by atoms with Crippen LogP contribution < -0.4 is 5.32 Å². The van der Waals surface area contributed by atoms with Gasteiger partial charge in [-0.05, 0) is 30.9 Å². The van der Waals surface area contributed by atoms with E-state index in [4.69, 9.17) is 5.11 Å². The number of hydrogen-bond donors (Lipinski definition) is 2. The fourth-order valence-electron chi connectivity index (χ4n) is 1.64. The molecule has 1 atom stereocenters. The molecular weight excluding hydrogens is 249 g/mol. The number of carboxylic acid groups (broad SMARTS) is 1. The third-order valence-corrected chi connectivity index (χ3v) is 2.70. The van der Waals surface area contributed by atoms with E-state index >= 15 is 0 Å². The van der Waals surface area contributed by atoms with Gasteiger partial charge in [-0.2, -0.15) is 13.2 Å². The van der Waals surface area contributed by atoms with E-state index < -0.39 is 23.9 Å². The monoisotopic (exact) mass is 260 g/mol. The average Bonchev–Trinajstić information content (AvgIpc) is 3.08. The van der Waals surface area contributed by atoms with E-state index in [0.717, 1.165) is 18.9 Å². The van der Waals surface area contributed by atoms with Gasteiger partial charge in [-0.3, -0.25) is 0 Å². The number of nitrogens with one attached hydrogen (secondary N) is 1. The van der Waals surface area contributed by atoms with E-state index in [2.05, 4.69) is 10.3 Å². The highest BCUT2D eigenvalue weighted by Crippen LogP contribution is 2.34. The molecule has 1 heterocycles. The summed E-state index contributed by atoms with van der Waals surface area (Å²) >= 11 is 0. The Bertz CT molecular complexity index is 458. The summed E-state index contributed by atoms with van der Waals surface area (Å²) in [4.78, 5) is 14.3. The number of halogens is 3. The minimum atomic E-state index is -4.53. The molecule has 1 aromatic rings. The lowest BCUT2D eigenvalue weighted by Gasteiger charge is -2.15. The lowest BCUT2D eigenvalue weighted by Crippen LogP contribution is -2.31. The molecule has 0 radical (unpaired) electrons. The van der Waals surface area contributed by atoms with Crippen molar-refractivity contribution in [3.8, 4) is 0 Å². The average molecular weight is 260 g/mol. The zero-order valence-corrected chi connectivity index (χ0v) is 9.24. The molecule has 18 heavy (non-hydrogen) atoms. The molecule has 0 amide bonds. The summed E-state index contributed by atoms with van der Waals surface area (Å²) in [6, 6.07) is 2.50. The Labute approximate surface area is 101 Å². The molecule has 0 spiro atoms. The van der Waals surface area contributed by atoms with Gasteiger partial charge in [0, 0.05) is 0 Å². The second kappa shape index (κ2) is 4.47. The van der Waals surface area contributed by atoms with Crippen LogP contribution >= 0.6 is 0 Å². The molecule has 7 heteroatoms. The Hall–Kier alpha value is -1.79. The summed E-state index contributed by atoms with van der Waals surface area (Å²) in [7, 11) is 0. The predicted molar refractivity (Wildman–Crippen MR) is 57.0 cm³/mol. The lowest BCUT2D eigenvalue weighted by molar-refractivity contribution is -0.141. The van der Waals surface area contributed by atoms with Crippen molar-refractivity contribution >= 4 is 11.8 Å². The minimum Gasteiger partial charge on any atom is -0.480 e. The van der Waals surface area contributed by atoms with Crippen molar-refractivity contribution < 1.29 is 23.1 Å². The Morgan fingerprint density at radius 3 is 2.61 bits per heavy atom. The van der Waals surface area contributed by atoms with E-state index in [9.17, 15) is 18.0 Å². The van der Waals surface area contributed by atoms with Gasteiger partial charge >= 0.3 is 12.1 Å². The largest absolute Gasteiger partial charge is 0.480 e. The topological polar surface area (TPSA) is 62.2 Å². The first-order chi connectivity index (χ1) is 8.38. The molecule has 1 aliphatic carbocycles. The predicted octanol–water partition coefficient (Wildman–Crippen LogP) is 2.38. The number of pyridine rings is 1. The van der Waals surface area contributed by atoms with Crippen LogP contribution in [0.5, 0.6) is 0 Å². The molecule has 0 aliphatic heterocycles. The van der Waals surface area contributed by atoms with Gasteiger partial charge in [0.2, 0.25) is 0 Å². The number of carbonyl (C=O) groups is 1. The van der Waals surface area contributed by atoms with Crippen LogP contribution in [0.2, 0.25) is 0 Å². The lowest BCUT2D eigenvalue weighted by atomic mass is 10.2. The van der Waals surface area contributed by atoms with E-state index in [1.165, 1.54) is 12.1 Å². The summed E-state index contributed by atoms with van der Waals surface area (Å²) in [6.45, 7) is 0. The third kappa shape index (κ3) is 2.91. The third-order valence-electron chi connectivity index (χ3n) is 2.70. The van der Waals surface area contributed by atoms with Crippen molar-refractivity contribution in [2.45, 2.75) is 25.1 Å². The molecule has 1 aromatic heterocycles. The Kier molecular flexibility index (Phi) is 3.14. The van der Waals surface area contributed by atoms with Crippen LogP contribution in [0.15, 0.2) is 18.2 Å². The first-order valence-electron chi connectivity index (χ1n) is 5.41. The molecule has 0 bridgehead atoms. The Balaban J connectivity index is 2.15. The highest BCUT2D eigenvalue weighted by molar-refractivity contribution is 5.77. The van der Waals surface area contributed by atoms with Crippen LogP contribution in [0.25, 0.3) is 0 Å². The molecule has 4 nitrogen and oxygen atoms in total. The first-order valence-corrected chi connectivity index (χ1v) is 5.41. The summed E-state index contributed by atoms with van der Waals surface area (Å²) < 4.78 is 37.3. The van der Waals surface area contributed by atoms with Crippen molar-refractivity contribution in [3.05, 3.63) is 23.9 Å². The zero-order valence-electron chi connectivity index (χ0n) is 9.24. The number of nitrogens with zero attached hydrogens (tertiary/aromatic N) is 1. The Morgan fingerprint density at radius 1 is 1.44 bits per heavy atom. The van der Waals surface area contributed by atoms with Gasteiger partial charge in [0.1, 0.15) is 17.6 Å². The van der Waals surface area contributed by atoms with E-state index in [1.54, 1.807) is 0 Å². The number of rotatable bonds is 4. The molecular formula is C11H11F3N2O2. The standard InChI is InChI=1S/C11H11F3N2O2/c12-11(13,14)7-2-1-3-8(15-7)16-9(10(17)18)6-4-5-6/h1-3,6,9H,4-5H2,(H,15,16)(H,17,18). The molecule has 98 valence electrons. The number of aliphatic carboxylic acids is 1. The summed E-state index contributed by atoms with van der Waals surface area (Å²) in [6.07, 6.45) is -3.00. The van der Waals surface area contributed by atoms with Gasteiger partial charge in [-0.25, -0.2) is 9.78 Å². The van der Waals surface area contributed by atoms with Gasteiger partial charge in [-0.1, -0.05) is 6.07 Å². The Morgan fingerprint density at radius 2 is 2.11 bits per heavy atom. The molecule has 0 saturated heterocycles. The van der Waals surface area contributed by atoms with Crippen molar-refractivity contribution in [2.24, 2.45) is 5.92 Å². The van der Waals surface area contributed by atoms with Crippen LogP contribution in [0.1, 0.15) is 18.5 Å². The van der Waals surface area contributed by atoms with Crippen LogP contribution in [0.3, 0.4) is 0 Å². The first kappa shape index (κ1) is 12.7. The molecule has 1 saturated carbocycles. The molecule has 1 unspecified atom stereocenters. The second-order valence-electron chi connectivity index (χ2n) is 4.20. The maximum absolute atomic E-state index is 12.4. The van der Waals surface area contributed by atoms with Gasteiger partial charge in [0.25, 0.3) is 0 Å². The summed E-state index contributed by atoms with van der Waals surface area (Å²) in [5.41, 5.74) is -1.03. The number of alkyl halides is 3. The highest BCUT2D eigenvalue weighted by Gasteiger charge is 2.37. The summed E-state index contributed by atoms with van der Waals surface area (Å²) in [5, 5.41) is 11.5. The number of hydrogen-bond acceptors (Lipinski definition) is 3. The smallest absolute Gasteiger partial charge is 0.433 e. The van der Waals surface area contributed by atoms with Crippen LogP contribution in [-0.2, 0) is 11.0 Å². The molecule has 0 aromatic carbocycles. The van der Waals surface area contributed by atoms with Gasteiger partial charge in [0.15, 0.2) is 0 Å².